The molecule has 5 nitrogen and oxygen atoms in total. The maximum absolute atomic E-state index is 6.41. The molecule has 1 atom stereocenters. The summed E-state index contributed by atoms with van der Waals surface area (Å²) in [5.41, 5.74) is 0.195. The fourth-order valence-electron chi connectivity index (χ4n) is 5.03. The van der Waals surface area contributed by atoms with Crippen LogP contribution >= 0.6 is 0 Å². The van der Waals surface area contributed by atoms with Gasteiger partial charge in [-0.25, -0.2) is 0 Å². The Morgan fingerprint density at radius 3 is 2.38 bits per heavy atom. The zero-order valence-electron chi connectivity index (χ0n) is 15.4. The molecule has 0 radical (unpaired) electrons. The van der Waals surface area contributed by atoms with Gasteiger partial charge in [0.25, 0.3) is 0 Å². The van der Waals surface area contributed by atoms with Crippen LogP contribution in [0.3, 0.4) is 0 Å². The lowest BCUT2D eigenvalue weighted by atomic mass is 9.86. The molecule has 0 aromatic rings. The van der Waals surface area contributed by atoms with E-state index in [0.29, 0.717) is 6.04 Å². The lowest BCUT2D eigenvalue weighted by molar-refractivity contribution is -0.0491. The molecule has 4 aliphatic rings. The zero-order chi connectivity index (χ0) is 16.4. The van der Waals surface area contributed by atoms with E-state index in [0.717, 1.165) is 25.7 Å². The molecule has 0 unspecified atom stereocenters. The standard InChI is InChI=1S/C19H35N3O2/c1-20-8-10-22(11-9-20)18-14-19(24-16-18)4-6-21(7-5-19)15-17-2-12-23-13-3-17/h17-18H,2-16H2,1H3/t18-/m1/s1. The maximum atomic E-state index is 6.41. The van der Waals surface area contributed by atoms with E-state index >= 15 is 0 Å². The van der Waals surface area contributed by atoms with Gasteiger partial charge in [0, 0.05) is 65.1 Å². The van der Waals surface area contributed by atoms with Crippen molar-refractivity contribution in [3.63, 3.8) is 0 Å². The van der Waals surface area contributed by atoms with E-state index in [4.69, 9.17) is 9.47 Å². The second-order valence-corrected chi connectivity index (χ2v) is 8.55. The molecule has 0 aromatic carbocycles. The third-order valence-electron chi connectivity index (χ3n) is 6.87. The number of piperidine rings is 1. The number of hydrogen-bond donors (Lipinski definition) is 0. The van der Waals surface area contributed by atoms with Crippen molar-refractivity contribution in [2.24, 2.45) is 5.92 Å². The van der Waals surface area contributed by atoms with Crippen molar-refractivity contribution in [2.45, 2.75) is 43.7 Å². The van der Waals surface area contributed by atoms with Crippen molar-refractivity contribution in [2.75, 3.05) is 72.7 Å². The van der Waals surface area contributed by atoms with Gasteiger partial charge in [0.2, 0.25) is 0 Å². The average molecular weight is 338 g/mol. The summed E-state index contributed by atoms with van der Waals surface area (Å²) in [5.74, 6) is 0.857. The molecule has 4 rings (SSSR count). The molecule has 1 spiro atoms. The predicted molar refractivity (Wildman–Crippen MR) is 95.4 cm³/mol. The minimum absolute atomic E-state index is 0.195. The van der Waals surface area contributed by atoms with E-state index < -0.39 is 0 Å². The highest BCUT2D eigenvalue weighted by atomic mass is 16.5. The Morgan fingerprint density at radius 2 is 1.67 bits per heavy atom. The summed E-state index contributed by atoms with van der Waals surface area (Å²) in [6.45, 7) is 11.5. The number of likely N-dealkylation sites (N-methyl/N-ethyl adjacent to an activating group) is 1. The van der Waals surface area contributed by atoms with Crippen LogP contribution in [0.2, 0.25) is 0 Å². The van der Waals surface area contributed by atoms with Gasteiger partial charge in [0.1, 0.15) is 0 Å². The monoisotopic (exact) mass is 337 g/mol. The van der Waals surface area contributed by atoms with Crippen molar-refractivity contribution in [1.82, 2.24) is 14.7 Å². The summed E-state index contributed by atoms with van der Waals surface area (Å²) >= 11 is 0. The summed E-state index contributed by atoms with van der Waals surface area (Å²) in [7, 11) is 2.23. The molecule has 4 fully saturated rings. The lowest BCUT2D eigenvalue weighted by Gasteiger charge is -2.41. The first kappa shape index (κ1) is 17.2. The van der Waals surface area contributed by atoms with Crippen molar-refractivity contribution in [3.8, 4) is 0 Å². The highest BCUT2D eigenvalue weighted by Crippen LogP contribution is 2.38. The zero-order valence-corrected chi connectivity index (χ0v) is 15.4. The van der Waals surface area contributed by atoms with Gasteiger partial charge in [0.15, 0.2) is 0 Å². The minimum atomic E-state index is 0.195. The van der Waals surface area contributed by atoms with Crippen LogP contribution < -0.4 is 0 Å². The molecule has 24 heavy (non-hydrogen) atoms. The summed E-state index contributed by atoms with van der Waals surface area (Å²) in [5, 5.41) is 0. The van der Waals surface area contributed by atoms with E-state index in [9.17, 15) is 0 Å². The van der Waals surface area contributed by atoms with E-state index in [-0.39, 0.29) is 5.60 Å². The quantitative estimate of drug-likeness (QED) is 0.774. The van der Waals surface area contributed by atoms with Gasteiger partial charge in [-0.3, -0.25) is 4.90 Å². The van der Waals surface area contributed by atoms with Crippen molar-refractivity contribution in [3.05, 3.63) is 0 Å². The van der Waals surface area contributed by atoms with Gasteiger partial charge in [-0.1, -0.05) is 0 Å². The molecule has 0 saturated carbocycles. The van der Waals surface area contributed by atoms with Crippen LogP contribution in [-0.2, 0) is 9.47 Å². The average Bonchev–Trinajstić information content (AvgIpc) is 3.03. The van der Waals surface area contributed by atoms with Crippen LogP contribution in [0, 0.1) is 5.92 Å². The minimum Gasteiger partial charge on any atom is -0.381 e. The Kier molecular flexibility index (Phi) is 5.44. The molecule has 138 valence electrons. The molecule has 0 N–H and O–H groups in total. The predicted octanol–water partition coefficient (Wildman–Crippen LogP) is 1.28. The number of likely N-dealkylation sites (tertiary alicyclic amines) is 1. The number of rotatable bonds is 3. The van der Waals surface area contributed by atoms with Crippen LogP contribution in [0.4, 0.5) is 0 Å². The first-order valence-corrected chi connectivity index (χ1v) is 10.1. The molecule has 4 heterocycles. The first-order chi connectivity index (χ1) is 11.7. The molecule has 0 amide bonds. The van der Waals surface area contributed by atoms with Crippen LogP contribution in [-0.4, -0.2) is 99.0 Å². The third-order valence-corrected chi connectivity index (χ3v) is 6.87. The van der Waals surface area contributed by atoms with E-state index in [2.05, 4.69) is 21.7 Å². The SMILES string of the molecule is CN1CCN([C@H]2COC3(CCN(CC4CCOCC4)CC3)C2)CC1. The van der Waals surface area contributed by atoms with Gasteiger partial charge in [0.05, 0.1) is 12.2 Å². The van der Waals surface area contributed by atoms with Gasteiger partial charge >= 0.3 is 0 Å². The molecular weight excluding hydrogens is 302 g/mol. The van der Waals surface area contributed by atoms with Gasteiger partial charge < -0.3 is 19.3 Å². The van der Waals surface area contributed by atoms with E-state index in [1.54, 1.807) is 0 Å². The fourth-order valence-corrected chi connectivity index (χ4v) is 5.03. The van der Waals surface area contributed by atoms with E-state index in [1.807, 2.05) is 0 Å². The molecule has 5 heteroatoms. The molecular formula is C19H35N3O2. The first-order valence-electron chi connectivity index (χ1n) is 10.1. The summed E-state index contributed by atoms with van der Waals surface area (Å²) in [6, 6.07) is 0.667. The summed E-state index contributed by atoms with van der Waals surface area (Å²) in [6.07, 6.45) is 6.25. The summed E-state index contributed by atoms with van der Waals surface area (Å²) < 4.78 is 11.9. The van der Waals surface area contributed by atoms with Crippen LogP contribution in [0.1, 0.15) is 32.1 Å². The molecule has 4 saturated heterocycles. The van der Waals surface area contributed by atoms with Crippen LogP contribution in [0.25, 0.3) is 0 Å². The maximum Gasteiger partial charge on any atom is 0.0723 e. The molecule has 0 aliphatic carbocycles. The number of nitrogens with zero attached hydrogens (tertiary/aromatic N) is 3. The third kappa shape index (κ3) is 3.96. The molecule has 0 bridgehead atoms. The van der Waals surface area contributed by atoms with Crippen LogP contribution in [0.5, 0.6) is 0 Å². The Morgan fingerprint density at radius 1 is 0.958 bits per heavy atom. The smallest absolute Gasteiger partial charge is 0.0723 e. The van der Waals surface area contributed by atoms with Crippen molar-refractivity contribution in [1.29, 1.82) is 0 Å². The topological polar surface area (TPSA) is 28.2 Å². The summed E-state index contributed by atoms with van der Waals surface area (Å²) in [4.78, 5) is 7.81. The van der Waals surface area contributed by atoms with Gasteiger partial charge in [-0.05, 0) is 45.1 Å². The highest BCUT2D eigenvalue weighted by Gasteiger charge is 2.44. The van der Waals surface area contributed by atoms with E-state index in [1.165, 1.54) is 77.9 Å². The Labute approximate surface area is 147 Å². The van der Waals surface area contributed by atoms with Gasteiger partial charge in [-0.15, -0.1) is 0 Å². The normalized spacial score (nSPS) is 34.1. The molecule has 0 aromatic heterocycles. The second-order valence-electron chi connectivity index (χ2n) is 8.55. The van der Waals surface area contributed by atoms with Crippen molar-refractivity contribution >= 4 is 0 Å². The van der Waals surface area contributed by atoms with Gasteiger partial charge in [-0.2, -0.15) is 0 Å². The lowest BCUT2D eigenvalue weighted by Crippen LogP contribution is -2.50. The fraction of sp³-hybridized carbons (Fsp3) is 1.00. The molecule has 4 aliphatic heterocycles. The van der Waals surface area contributed by atoms with Crippen LogP contribution in [0.15, 0.2) is 0 Å². The Bertz CT molecular complexity index is 397. The number of hydrogen-bond acceptors (Lipinski definition) is 5. The largest absolute Gasteiger partial charge is 0.381 e. The highest BCUT2D eigenvalue weighted by molar-refractivity contribution is 4.97. The Hall–Kier alpha value is -0.200. The Balaban J connectivity index is 1.23. The number of ether oxygens (including phenoxy) is 2. The number of piperazine rings is 1. The van der Waals surface area contributed by atoms with Crippen molar-refractivity contribution < 1.29 is 9.47 Å². The second kappa shape index (κ2) is 7.58.